The van der Waals surface area contributed by atoms with Crippen LogP contribution in [-0.2, 0) is 4.79 Å². The molecule has 0 atom stereocenters. The number of anilines is 2. The number of hydrogen-bond donors (Lipinski definition) is 2. The van der Waals surface area contributed by atoms with E-state index in [-0.39, 0.29) is 18.4 Å². The van der Waals surface area contributed by atoms with Gasteiger partial charge in [-0.1, -0.05) is 11.6 Å². The molecule has 0 aliphatic carbocycles. The molecule has 0 spiro atoms. The van der Waals surface area contributed by atoms with Crippen LogP contribution in [0.2, 0.25) is 5.02 Å². The third-order valence-corrected chi connectivity index (χ3v) is 4.01. The number of hydrogen-bond acceptors (Lipinski definition) is 3. The molecule has 118 valence electrons. The second-order valence-corrected chi connectivity index (χ2v) is 5.83. The van der Waals surface area contributed by atoms with Gasteiger partial charge >= 0.3 is 0 Å². The normalized spacial score (nSPS) is 12.9. The number of aryl methyl sites for hydroxylation is 2. The fourth-order valence-electron chi connectivity index (χ4n) is 2.31. The number of nitrogens with one attached hydrogen (secondary N) is 2. The average molecular weight is 331 g/mol. The van der Waals surface area contributed by atoms with Crippen LogP contribution in [0.15, 0.2) is 30.3 Å². The van der Waals surface area contributed by atoms with Gasteiger partial charge < -0.3 is 15.4 Å². The van der Waals surface area contributed by atoms with Gasteiger partial charge in [0.15, 0.2) is 6.61 Å². The molecule has 0 bridgehead atoms. The molecule has 3 rings (SSSR count). The third-order valence-electron chi connectivity index (χ3n) is 3.70. The Bertz CT molecular complexity index is 818. The molecular weight excluding hydrogens is 316 g/mol. The minimum Gasteiger partial charge on any atom is -0.482 e. The van der Waals surface area contributed by atoms with Gasteiger partial charge in [-0.05, 0) is 49.2 Å². The van der Waals surface area contributed by atoms with Crippen LogP contribution in [0.25, 0.3) is 0 Å². The highest BCUT2D eigenvalue weighted by Gasteiger charge is 2.17. The Morgan fingerprint density at radius 3 is 2.74 bits per heavy atom. The van der Waals surface area contributed by atoms with Gasteiger partial charge in [0.05, 0.1) is 16.3 Å². The van der Waals surface area contributed by atoms with Crippen molar-refractivity contribution in [2.75, 3.05) is 17.2 Å². The highest BCUT2D eigenvalue weighted by atomic mass is 35.5. The Balaban J connectivity index is 1.84. The van der Waals surface area contributed by atoms with Crippen LogP contribution >= 0.6 is 11.6 Å². The maximum atomic E-state index is 12.4. The van der Waals surface area contributed by atoms with E-state index < -0.39 is 0 Å². The number of carbonyl (C=O) groups excluding carboxylic acids is 2. The Morgan fingerprint density at radius 1 is 1.22 bits per heavy atom. The van der Waals surface area contributed by atoms with Crippen molar-refractivity contribution in [1.29, 1.82) is 0 Å². The van der Waals surface area contributed by atoms with Crippen molar-refractivity contribution >= 4 is 34.8 Å². The van der Waals surface area contributed by atoms with Gasteiger partial charge in [0.2, 0.25) is 0 Å². The van der Waals surface area contributed by atoms with Crippen LogP contribution in [0, 0.1) is 13.8 Å². The van der Waals surface area contributed by atoms with Crippen LogP contribution in [0.3, 0.4) is 0 Å². The van der Waals surface area contributed by atoms with Crippen molar-refractivity contribution in [2.45, 2.75) is 13.8 Å². The maximum Gasteiger partial charge on any atom is 0.262 e. The van der Waals surface area contributed by atoms with E-state index >= 15 is 0 Å². The molecule has 0 radical (unpaired) electrons. The maximum absolute atomic E-state index is 12.4. The first-order valence-corrected chi connectivity index (χ1v) is 7.46. The lowest BCUT2D eigenvalue weighted by Gasteiger charge is -2.18. The summed E-state index contributed by atoms with van der Waals surface area (Å²) in [6.07, 6.45) is 0. The summed E-state index contributed by atoms with van der Waals surface area (Å²) in [5, 5.41) is 5.90. The van der Waals surface area contributed by atoms with Gasteiger partial charge in [-0.3, -0.25) is 9.59 Å². The van der Waals surface area contributed by atoms with E-state index in [9.17, 15) is 9.59 Å². The number of carbonyl (C=O) groups is 2. The number of rotatable bonds is 2. The molecule has 0 aromatic heterocycles. The molecule has 6 heteroatoms. The molecule has 5 nitrogen and oxygen atoms in total. The summed E-state index contributed by atoms with van der Waals surface area (Å²) >= 11 is 6.16. The molecule has 2 N–H and O–H groups in total. The van der Waals surface area contributed by atoms with Crippen LogP contribution in [0.4, 0.5) is 11.4 Å². The second-order valence-electron chi connectivity index (χ2n) is 5.42. The third kappa shape index (κ3) is 3.14. The molecule has 0 saturated carbocycles. The Morgan fingerprint density at radius 2 is 1.96 bits per heavy atom. The smallest absolute Gasteiger partial charge is 0.262 e. The van der Waals surface area contributed by atoms with Crippen LogP contribution in [0.1, 0.15) is 21.5 Å². The fraction of sp³-hybridized carbons (Fsp3) is 0.176. The molecule has 1 aliphatic rings. The monoisotopic (exact) mass is 330 g/mol. The fourth-order valence-corrected chi connectivity index (χ4v) is 2.61. The van der Waals surface area contributed by atoms with Crippen molar-refractivity contribution in [3.63, 3.8) is 0 Å². The van der Waals surface area contributed by atoms with Crippen molar-refractivity contribution in [1.82, 2.24) is 0 Å². The van der Waals surface area contributed by atoms with Crippen molar-refractivity contribution in [3.05, 3.63) is 52.0 Å². The summed E-state index contributed by atoms with van der Waals surface area (Å²) < 4.78 is 5.33. The van der Waals surface area contributed by atoms with Gasteiger partial charge in [-0.2, -0.15) is 0 Å². The minimum atomic E-state index is -0.294. The molecule has 2 aromatic carbocycles. The number of amides is 2. The first-order valence-electron chi connectivity index (χ1n) is 7.09. The molecule has 23 heavy (non-hydrogen) atoms. The minimum absolute atomic E-state index is 0.0343. The SMILES string of the molecule is Cc1cc(Cl)c(C(=O)Nc2ccc3c(c2)OCC(=O)N3)cc1C. The van der Waals surface area contributed by atoms with Gasteiger partial charge in [0, 0.05) is 11.8 Å². The van der Waals surface area contributed by atoms with E-state index in [0.29, 0.717) is 27.7 Å². The Hall–Kier alpha value is -2.53. The van der Waals surface area contributed by atoms with E-state index in [0.717, 1.165) is 11.1 Å². The number of benzene rings is 2. The van der Waals surface area contributed by atoms with Crippen LogP contribution in [0.5, 0.6) is 5.75 Å². The Kier molecular flexibility index (Phi) is 3.96. The number of ether oxygens (including phenoxy) is 1. The summed E-state index contributed by atoms with van der Waals surface area (Å²) in [7, 11) is 0. The Labute approximate surface area is 138 Å². The summed E-state index contributed by atoms with van der Waals surface area (Å²) in [6, 6.07) is 8.59. The summed E-state index contributed by atoms with van der Waals surface area (Å²) in [5.41, 5.74) is 3.60. The van der Waals surface area contributed by atoms with E-state index in [4.69, 9.17) is 16.3 Å². The summed E-state index contributed by atoms with van der Waals surface area (Å²) in [4.78, 5) is 23.7. The number of fused-ring (bicyclic) bond motifs is 1. The average Bonchev–Trinajstić information content (AvgIpc) is 2.51. The van der Waals surface area contributed by atoms with E-state index in [2.05, 4.69) is 10.6 Å². The standard InChI is InChI=1S/C17H15ClN2O3/c1-9-5-12(13(18)6-10(9)2)17(22)19-11-3-4-14-15(7-11)23-8-16(21)20-14/h3-7H,8H2,1-2H3,(H,19,22)(H,20,21). The van der Waals surface area contributed by atoms with Gasteiger partial charge in [-0.25, -0.2) is 0 Å². The highest BCUT2D eigenvalue weighted by Crippen LogP contribution is 2.31. The molecule has 0 fully saturated rings. The predicted octanol–water partition coefficient (Wildman–Crippen LogP) is 3.54. The van der Waals surface area contributed by atoms with E-state index in [1.807, 2.05) is 13.8 Å². The topological polar surface area (TPSA) is 67.4 Å². The zero-order valence-corrected chi connectivity index (χ0v) is 13.5. The van der Waals surface area contributed by atoms with E-state index in [1.165, 1.54) is 0 Å². The van der Waals surface area contributed by atoms with Gasteiger partial charge in [0.25, 0.3) is 11.8 Å². The van der Waals surface area contributed by atoms with Gasteiger partial charge in [-0.15, -0.1) is 0 Å². The molecule has 0 saturated heterocycles. The molecule has 0 unspecified atom stereocenters. The number of halogens is 1. The van der Waals surface area contributed by atoms with Crippen LogP contribution < -0.4 is 15.4 Å². The first kappa shape index (κ1) is 15.4. The first-order chi connectivity index (χ1) is 10.9. The lowest BCUT2D eigenvalue weighted by atomic mass is 10.1. The molecule has 2 amide bonds. The second kappa shape index (κ2) is 5.93. The van der Waals surface area contributed by atoms with E-state index in [1.54, 1.807) is 30.3 Å². The highest BCUT2D eigenvalue weighted by molar-refractivity contribution is 6.34. The zero-order chi connectivity index (χ0) is 16.6. The van der Waals surface area contributed by atoms with Crippen molar-refractivity contribution in [2.24, 2.45) is 0 Å². The van der Waals surface area contributed by atoms with Crippen molar-refractivity contribution < 1.29 is 14.3 Å². The quantitative estimate of drug-likeness (QED) is 0.885. The molecule has 1 aliphatic heterocycles. The zero-order valence-electron chi connectivity index (χ0n) is 12.7. The van der Waals surface area contributed by atoms with Crippen molar-refractivity contribution in [3.8, 4) is 5.75 Å². The molecular formula is C17H15ClN2O3. The van der Waals surface area contributed by atoms with Crippen LogP contribution in [-0.4, -0.2) is 18.4 Å². The lowest BCUT2D eigenvalue weighted by Crippen LogP contribution is -2.25. The molecule has 2 aromatic rings. The summed E-state index contributed by atoms with van der Waals surface area (Å²) in [6.45, 7) is 3.84. The summed E-state index contributed by atoms with van der Waals surface area (Å²) in [5.74, 6) is 0.0303. The van der Waals surface area contributed by atoms with Gasteiger partial charge in [0.1, 0.15) is 5.75 Å². The predicted molar refractivity (Wildman–Crippen MR) is 89.4 cm³/mol. The molecule has 1 heterocycles. The lowest BCUT2D eigenvalue weighted by molar-refractivity contribution is -0.118. The largest absolute Gasteiger partial charge is 0.482 e.